The molecule has 0 amide bonds. The van der Waals surface area contributed by atoms with Gasteiger partial charge in [-0.05, 0) is 37.3 Å². The molecule has 106 valence electrons. The summed E-state index contributed by atoms with van der Waals surface area (Å²) in [5, 5.41) is 10.5. The van der Waals surface area contributed by atoms with Crippen LogP contribution in [0.3, 0.4) is 0 Å². The fourth-order valence-electron chi connectivity index (χ4n) is 2.16. The normalized spacial score (nSPS) is 15.2. The molecule has 3 rings (SSSR count). The Balaban J connectivity index is 2.10. The summed E-state index contributed by atoms with van der Waals surface area (Å²) in [6, 6.07) is 8.10. The van der Waals surface area contributed by atoms with Gasteiger partial charge in [0.15, 0.2) is 5.76 Å². The van der Waals surface area contributed by atoms with Crippen LogP contribution >= 0.6 is 23.2 Å². The zero-order valence-electron chi connectivity index (χ0n) is 11.0. The molecule has 0 atom stereocenters. The first-order valence-electron chi connectivity index (χ1n) is 6.20. The molecule has 1 heterocycles. The van der Waals surface area contributed by atoms with E-state index in [1.165, 1.54) is 18.2 Å². The van der Waals surface area contributed by atoms with E-state index in [4.69, 9.17) is 27.9 Å². The van der Waals surface area contributed by atoms with Crippen LogP contribution < -0.4 is 4.74 Å². The van der Waals surface area contributed by atoms with Crippen molar-refractivity contribution in [3.05, 3.63) is 62.8 Å². The van der Waals surface area contributed by atoms with Gasteiger partial charge in [0.2, 0.25) is 5.78 Å². The van der Waals surface area contributed by atoms with Crippen molar-refractivity contribution in [3.8, 4) is 11.5 Å². The highest BCUT2D eigenvalue weighted by Crippen LogP contribution is 2.39. The van der Waals surface area contributed by atoms with Crippen molar-refractivity contribution in [2.75, 3.05) is 0 Å². The number of phenols is 1. The third-order valence-corrected chi connectivity index (χ3v) is 3.99. The van der Waals surface area contributed by atoms with Crippen LogP contribution in [0, 0.1) is 6.92 Å². The summed E-state index contributed by atoms with van der Waals surface area (Å²) in [6.07, 6.45) is 1.52. The second-order valence-corrected chi connectivity index (χ2v) is 5.48. The number of carbonyl (C=O) groups is 1. The Hall–Kier alpha value is -1.97. The summed E-state index contributed by atoms with van der Waals surface area (Å²) in [5.74, 6) is 0.325. The minimum atomic E-state index is -0.260. The highest BCUT2D eigenvalue weighted by molar-refractivity contribution is 6.37. The SMILES string of the molecule is Cc1c(O)ccc2c1O/C(=C\c1c(Cl)cccc1Cl)C2=O. The van der Waals surface area contributed by atoms with Gasteiger partial charge in [-0.3, -0.25) is 4.79 Å². The lowest BCUT2D eigenvalue weighted by molar-refractivity contribution is 0.101. The Bertz CT molecular complexity index is 774. The predicted molar refractivity (Wildman–Crippen MR) is 82.2 cm³/mol. The van der Waals surface area contributed by atoms with E-state index < -0.39 is 0 Å². The van der Waals surface area contributed by atoms with Gasteiger partial charge in [-0.15, -0.1) is 0 Å². The van der Waals surface area contributed by atoms with Gasteiger partial charge in [0.05, 0.1) is 5.56 Å². The fourth-order valence-corrected chi connectivity index (χ4v) is 2.66. The van der Waals surface area contributed by atoms with E-state index in [0.717, 1.165) is 0 Å². The Morgan fingerprint density at radius 1 is 1.14 bits per heavy atom. The van der Waals surface area contributed by atoms with Crippen molar-refractivity contribution < 1.29 is 14.6 Å². The molecule has 1 N–H and O–H groups in total. The molecule has 0 spiro atoms. The van der Waals surface area contributed by atoms with Crippen LogP contribution in [-0.4, -0.2) is 10.9 Å². The maximum absolute atomic E-state index is 12.3. The van der Waals surface area contributed by atoms with Crippen molar-refractivity contribution in [2.24, 2.45) is 0 Å². The van der Waals surface area contributed by atoms with Crippen LogP contribution in [0.4, 0.5) is 0 Å². The van der Waals surface area contributed by atoms with Gasteiger partial charge in [0.1, 0.15) is 11.5 Å². The quantitative estimate of drug-likeness (QED) is 0.779. The summed E-state index contributed by atoms with van der Waals surface area (Å²) in [7, 11) is 0. The number of fused-ring (bicyclic) bond motifs is 1. The fraction of sp³-hybridized carbons (Fsp3) is 0.0625. The molecule has 0 unspecified atom stereocenters. The molecular weight excluding hydrogens is 311 g/mol. The predicted octanol–water partition coefficient (Wildman–Crippen LogP) is 4.62. The second kappa shape index (κ2) is 5.10. The monoisotopic (exact) mass is 320 g/mol. The van der Waals surface area contributed by atoms with Crippen molar-refractivity contribution in [2.45, 2.75) is 6.92 Å². The van der Waals surface area contributed by atoms with Gasteiger partial charge >= 0.3 is 0 Å². The van der Waals surface area contributed by atoms with Crippen LogP contribution in [0.2, 0.25) is 10.0 Å². The average Bonchev–Trinajstić information content (AvgIpc) is 2.76. The maximum Gasteiger partial charge on any atom is 0.231 e. The molecule has 21 heavy (non-hydrogen) atoms. The van der Waals surface area contributed by atoms with E-state index in [1.807, 2.05) is 0 Å². The Morgan fingerprint density at radius 2 is 1.81 bits per heavy atom. The van der Waals surface area contributed by atoms with Crippen LogP contribution in [-0.2, 0) is 0 Å². The standard InChI is InChI=1S/C16H10Cl2O3/c1-8-13(19)6-5-9-15(20)14(21-16(8)9)7-10-11(17)3-2-4-12(10)18/h2-7,19H,1H3/b14-7-. The van der Waals surface area contributed by atoms with Crippen molar-refractivity contribution >= 4 is 35.1 Å². The number of rotatable bonds is 1. The Kier molecular flexibility index (Phi) is 3.40. The lowest BCUT2D eigenvalue weighted by Gasteiger charge is -2.05. The van der Waals surface area contributed by atoms with E-state index in [-0.39, 0.29) is 17.3 Å². The van der Waals surface area contributed by atoms with Crippen LogP contribution in [0.5, 0.6) is 11.5 Å². The first-order valence-corrected chi connectivity index (χ1v) is 6.95. The average molecular weight is 321 g/mol. The number of ether oxygens (including phenoxy) is 1. The number of benzene rings is 2. The van der Waals surface area contributed by atoms with E-state index in [1.54, 1.807) is 25.1 Å². The molecule has 0 bridgehead atoms. The highest BCUT2D eigenvalue weighted by atomic mass is 35.5. The third kappa shape index (κ3) is 2.28. The topological polar surface area (TPSA) is 46.5 Å². The lowest BCUT2D eigenvalue weighted by Crippen LogP contribution is -1.98. The molecular formula is C16H10Cl2O3. The van der Waals surface area contributed by atoms with Crippen LogP contribution in [0.15, 0.2) is 36.1 Å². The van der Waals surface area contributed by atoms with E-state index in [2.05, 4.69) is 0 Å². The number of hydrogen-bond donors (Lipinski definition) is 1. The molecule has 0 saturated heterocycles. The summed E-state index contributed by atoms with van der Waals surface area (Å²) < 4.78 is 5.58. The molecule has 5 heteroatoms. The summed E-state index contributed by atoms with van der Waals surface area (Å²) >= 11 is 12.2. The molecule has 3 nitrogen and oxygen atoms in total. The van der Waals surface area contributed by atoms with Crippen molar-refractivity contribution in [1.82, 2.24) is 0 Å². The zero-order valence-corrected chi connectivity index (χ0v) is 12.5. The number of Topliss-reactive ketones (excluding diaryl/α,β-unsaturated/α-hetero) is 1. The molecule has 1 aliphatic heterocycles. The maximum atomic E-state index is 12.3. The molecule has 0 aromatic heterocycles. The number of aromatic hydroxyl groups is 1. The van der Waals surface area contributed by atoms with Gasteiger partial charge in [0, 0.05) is 21.2 Å². The van der Waals surface area contributed by atoms with Gasteiger partial charge in [-0.25, -0.2) is 0 Å². The van der Waals surface area contributed by atoms with Gasteiger partial charge in [0.25, 0.3) is 0 Å². The molecule has 0 radical (unpaired) electrons. The molecule has 0 fully saturated rings. The molecule has 1 aliphatic rings. The minimum absolute atomic E-state index is 0.0820. The summed E-state index contributed by atoms with van der Waals surface area (Å²) in [6.45, 7) is 1.69. The van der Waals surface area contributed by atoms with Crippen LogP contribution in [0.1, 0.15) is 21.5 Å². The molecule has 0 aliphatic carbocycles. The number of hydrogen-bond acceptors (Lipinski definition) is 3. The minimum Gasteiger partial charge on any atom is -0.508 e. The first-order chi connectivity index (χ1) is 9.99. The van der Waals surface area contributed by atoms with Crippen molar-refractivity contribution in [3.63, 3.8) is 0 Å². The Morgan fingerprint density at radius 3 is 2.48 bits per heavy atom. The van der Waals surface area contributed by atoms with Crippen molar-refractivity contribution in [1.29, 1.82) is 0 Å². The number of carbonyl (C=O) groups excluding carboxylic acids is 1. The summed E-state index contributed by atoms with van der Waals surface area (Å²) in [4.78, 5) is 12.3. The van der Waals surface area contributed by atoms with Gasteiger partial charge < -0.3 is 9.84 Å². The second-order valence-electron chi connectivity index (χ2n) is 4.66. The lowest BCUT2D eigenvalue weighted by atomic mass is 10.1. The number of allylic oxidation sites excluding steroid dienone is 1. The number of phenolic OH excluding ortho intramolecular Hbond substituents is 1. The van der Waals surface area contributed by atoms with E-state index >= 15 is 0 Å². The smallest absolute Gasteiger partial charge is 0.231 e. The van der Waals surface area contributed by atoms with E-state index in [0.29, 0.717) is 32.5 Å². The first kappa shape index (κ1) is 14.0. The van der Waals surface area contributed by atoms with Gasteiger partial charge in [-0.2, -0.15) is 0 Å². The number of ketones is 1. The Labute approximate surface area is 131 Å². The largest absolute Gasteiger partial charge is 0.508 e. The molecule has 2 aromatic carbocycles. The van der Waals surface area contributed by atoms with Crippen LogP contribution in [0.25, 0.3) is 6.08 Å². The molecule has 0 saturated carbocycles. The summed E-state index contributed by atoms with van der Waals surface area (Å²) in [5.41, 5.74) is 1.47. The number of halogens is 2. The third-order valence-electron chi connectivity index (χ3n) is 3.33. The highest BCUT2D eigenvalue weighted by Gasteiger charge is 2.30. The zero-order chi connectivity index (χ0) is 15.1. The molecule has 2 aromatic rings. The van der Waals surface area contributed by atoms with E-state index in [9.17, 15) is 9.90 Å². The van der Waals surface area contributed by atoms with Gasteiger partial charge in [-0.1, -0.05) is 29.3 Å².